The lowest BCUT2D eigenvalue weighted by Crippen LogP contribution is -2.11. The van der Waals surface area contributed by atoms with E-state index in [0.29, 0.717) is 13.0 Å². The summed E-state index contributed by atoms with van der Waals surface area (Å²) in [6.45, 7) is 2.41. The van der Waals surface area contributed by atoms with Crippen LogP contribution in [0.2, 0.25) is 0 Å². The summed E-state index contributed by atoms with van der Waals surface area (Å²) in [4.78, 5) is 0. The quantitative estimate of drug-likeness (QED) is 0.800. The maximum Gasteiger partial charge on any atom is 0.122 e. The Morgan fingerprint density at radius 1 is 1.47 bits per heavy atom. The van der Waals surface area contributed by atoms with Gasteiger partial charge < -0.3 is 9.84 Å². The Morgan fingerprint density at radius 3 is 2.87 bits per heavy atom. The summed E-state index contributed by atoms with van der Waals surface area (Å²) < 4.78 is 5.48. The molecular formula is C12H15NO2. The number of para-hydroxylation sites is 1. The van der Waals surface area contributed by atoms with Crippen LogP contribution in [-0.4, -0.2) is 17.8 Å². The van der Waals surface area contributed by atoms with Crippen molar-refractivity contribution >= 4 is 0 Å². The van der Waals surface area contributed by atoms with Crippen LogP contribution in [0.15, 0.2) is 24.3 Å². The first kappa shape index (κ1) is 11.5. The number of nitrogens with zero attached hydrogens (tertiary/aromatic N) is 1. The molecule has 0 radical (unpaired) electrons. The molecule has 1 N–H and O–H groups in total. The predicted octanol–water partition coefficient (Wildman–Crippen LogP) is 2.04. The first-order chi connectivity index (χ1) is 7.24. The molecule has 80 valence electrons. The van der Waals surface area contributed by atoms with Gasteiger partial charge in [0.2, 0.25) is 0 Å². The number of rotatable bonds is 5. The lowest BCUT2D eigenvalue weighted by atomic mass is 10.2. The van der Waals surface area contributed by atoms with Crippen molar-refractivity contribution in [3.05, 3.63) is 29.8 Å². The molecule has 3 heteroatoms. The van der Waals surface area contributed by atoms with E-state index in [9.17, 15) is 5.11 Å². The molecule has 0 saturated heterocycles. The van der Waals surface area contributed by atoms with Gasteiger partial charge in [-0.15, -0.1) is 0 Å². The smallest absolute Gasteiger partial charge is 0.122 e. The van der Waals surface area contributed by atoms with E-state index in [1.807, 2.05) is 37.3 Å². The maximum absolute atomic E-state index is 9.29. The zero-order valence-electron chi connectivity index (χ0n) is 8.81. The van der Waals surface area contributed by atoms with E-state index in [4.69, 9.17) is 10.00 Å². The van der Waals surface area contributed by atoms with E-state index < -0.39 is 6.10 Å². The van der Waals surface area contributed by atoms with Gasteiger partial charge in [-0.05, 0) is 18.6 Å². The largest absolute Gasteiger partial charge is 0.493 e. The van der Waals surface area contributed by atoms with Crippen LogP contribution in [-0.2, 0) is 0 Å². The van der Waals surface area contributed by atoms with Crippen LogP contribution in [0.3, 0.4) is 0 Å². The maximum atomic E-state index is 9.29. The summed E-state index contributed by atoms with van der Waals surface area (Å²) in [5, 5.41) is 17.6. The van der Waals surface area contributed by atoms with Gasteiger partial charge in [-0.3, -0.25) is 0 Å². The lowest BCUT2D eigenvalue weighted by Gasteiger charge is -2.10. The molecule has 15 heavy (non-hydrogen) atoms. The molecule has 0 aromatic heterocycles. The molecule has 1 rings (SSSR count). The molecule has 0 heterocycles. The molecule has 0 spiro atoms. The van der Waals surface area contributed by atoms with Crippen LogP contribution in [0.25, 0.3) is 0 Å². The molecule has 0 aliphatic heterocycles. The first-order valence-corrected chi connectivity index (χ1v) is 4.97. The fourth-order valence-electron chi connectivity index (χ4n) is 1.23. The summed E-state index contributed by atoms with van der Waals surface area (Å²) >= 11 is 0. The zero-order valence-corrected chi connectivity index (χ0v) is 8.81. The van der Waals surface area contributed by atoms with Crippen molar-refractivity contribution in [2.45, 2.75) is 25.9 Å². The number of aliphatic hydroxyl groups is 1. The molecule has 0 aliphatic rings. The Kier molecular flexibility index (Phi) is 4.65. The Morgan fingerprint density at radius 2 is 2.20 bits per heavy atom. The number of hydrogen-bond donors (Lipinski definition) is 1. The molecule has 3 nitrogen and oxygen atoms in total. The van der Waals surface area contributed by atoms with Gasteiger partial charge in [0.25, 0.3) is 0 Å². The van der Waals surface area contributed by atoms with Crippen LogP contribution >= 0.6 is 0 Å². The van der Waals surface area contributed by atoms with E-state index in [-0.39, 0.29) is 6.42 Å². The Hall–Kier alpha value is -1.53. The van der Waals surface area contributed by atoms with Crippen LogP contribution in [0, 0.1) is 18.3 Å². The monoisotopic (exact) mass is 205 g/mol. The lowest BCUT2D eigenvalue weighted by molar-refractivity contribution is 0.143. The van der Waals surface area contributed by atoms with Crippen LogP contribution in [0.1, 0.15) is 18.4 Å². The van der Waals surface area contributed by atoms with Crippen molar-refractivity contribution in [3.63, 3.8) is 0 Å². The fraction of sp³-hybridized carbons (Fsp3) is 0.417. The van der Waals surface area contributed by atoms with Gasteiger partial charge in [0.05, 0.1) is 25.2 Å². The van der Waals surface area contributed by atoms with Crippen molar-refractivity contribution < 1.29 is 9.84 Å². The summed E-state index contributed by atoms with van der Waals surface area (Å²) in [6.07, 6.45) is 0.0676. The van der Waals surface area contributed by atoms with Gasteiger partial charge in [0.15, 0.2) is 0 Å². The van der Waals surface area contributed by atoms with E-state index in [0.717, 1.165) is 11.3 Å². The first-order valence-electron chi connectivity index (χ1n) is 4.97. The minimum absolute atomic E-state index is 0.164. The number of hydrogen-bond acceptors (Lipinski definition) is 3. The summed E-state index contributed by atoms with van der Waals surface area (Å²) in [5.41, 5.74) is 1.08. The van der Waals surface area contributed by atoms with Crippen molar-refractivity contribution in [2.75, 3.05) is 6.61 Å². The van der Waals surface area contributed by atoms with Crippen LogP contribution in [0.4, 0.5) is 0 Å². The minimum Gasteiger partial charge on any atom is -0.493 e. The molecule has 0 bridgehead atoms. The van der Waals surface area contributed by atoms with Crippen LogP contribution in [0.5, 0.6) is 5.75 Å². The average molecular weight is 205 g/mol. The van der Waals surface area contributed by atoms with Crippen molar-refractivity contribution in [1.29, 1.82) is 5.26 Å². The number of nitriles is 1. The molecule has 0 saturated carbocycles. The number of ether oxygens (including phenoxy) is 1. The molecule has 0 aliphatic carbocycles. The van der Waals surface area contributed by atoms with Gasteiger partial charge >= 0.3 is 0 Å². The summed E-state index contributed by atoms with van der Waals surface area (Å²) in [7, 11) is 0. The van der Waals surface area contributed by atoms with Gasteiger partial charge in [0, 0.05) is 6.42 Å². The summed E-state index contributed by atoms with van der Waals surface area (Å²) in [5.74, 6) is 0.835. The molecule has 0 amide bonds. The van der Waals surface area contributed by atoms with Crippen LogP contribution < -0.4 is 4.74 Å². The van der Waals surface area contributed by atoms with Crippen molar-refractivity contribution in [3.8, 4) is 11.8 Å². The molecule has 1 aromatic carbocycles. The molecule has 0 fully saturated rings. The molecule has 1 atom stereocenters. The average Bonchev–Trinajstić information content (AvgIpc) is 2.21. The second-order valence-corrected chi connectivity index (χ2v) is 3.42. The second kappa shape index (κ2) is 6.05. The molecule has 1 aromatic rings. The third-order valence-electron chi connectivity index (χ3n) is 2.13. The Labute approximate surface area is 89.9 Å². The number of aliphatic hydroxyl groups excluding tert-OH is 1. The Balaban J connectivity index is 2.32. The topological polar surface area (TPSA) is 53.2 Å². The number of aryl methyl sites for hydroxylation is 1. The van der Waals surface area contributed by atoms with E-state index in [1.54, 1.807) is 0 Å². The van der Waals surface area contributed by atoms with E-state index >= 15 is 0 Å². The van der Waals surface area contributed by atoms with E-state index in [2.05, 4.69) is 0 Å². The van der Waals surface area contributed by atoms with Gasteiger partial charge in [-0.25, -0.2) is 0 Å². The second-order valence-electron chi connectivity index (χ2n) is 3.42. The highest BCUT2D eigenvalue weighted by Gasteiger charge is 2.04. The highest BCUT2D eigenvalue weighted by molar-refractivity contribution is 5.31. The normalized spacial score (nSPS) is 11.8. The highest BCUT2D eigenvalue weighted by atomic mass is 16.5. The van der Waals surface area contributed by atoms with Crippen molar-refractivity contribution in [2.24, 2.45) is 0 Å². The SMILES string of the molecule is Cc1ccccc1OCCC(O)CC#N. The zero-order chi connectivity index (χ0) is 11.1. The predicted molar refractivity (Wildman–Crippen MR) is 57.5 cm³/mol. The van der Waals surface area contributed by atoms with E-state index in [1.165, 1.54) is 0 Å². The Bertz CT molecular complexity index is 344. The number of benzene rings is 1. The van der Waals surface area contributed by atoms with Gasteiger partial charge in [-0.1, -0.05) is 18.2 Å². The van der Waals surface area contributed by atoms with Crippen molar-refractivity contribution in [1.82, 2.24) is 0 Å². The van der Waals surface area contributed by atoms with Gasteiger partial charge in [0.1, 0.15) is 5.75 Å². The molecular weight excluding hydrogens is 190 g/mol. The molecule has 1 unspecified atom stereocenters. The van der Waals surface area contributed by atoms with Gasteiger partial charge in [-0.2, -0.15) is 5.26 Å². The summed E-state index contributed by atoms with van der Waals surface area (Å²) in [6, 6.07) is 9.65. The fourth-order valence-corrected chi connectivity index (χ4v) is 1.23. The highest BCUT2D eigenvalue weighted by Crippen LogP contribution is 2.16. The minimum atomic E-state index is -0.584. The third kappa shape index (κ3) is 4.01. The standard InChI is InChI=1S/C12H15NO2/c1-10-4-2-3-5-12(10)15-9-7-11(14)6-8-13/h2-5,11,14H,6-7,9H2,1H3. The third-order valence-corrected chi connectivity index (χ3v) is 2.13.